The summed E-state index contributed by atoms with van der Waals surface area (Å²) in [6, 6.07) is 8.33. The average molecular weight is 285 g/mol. The smallest absolute Gasteiger partial charge is 0.316 e. The van der Waals surface area contributed by atoms with Crippen molar-refractivity contribution in [1.82, 2.24) is 4.90 Å². The van der Waals surface area contributed by atoms with Gasteiger partial charge in [0.05, 0.1) is 5.41 Å². The second-order valence-corrected chi connectivity index (χ2v) is 7.07. The van der Waals surface area contributed by atoms with Gasteiger partial charge < -0.3 is 4.74 Å². The molecule has 2 atom stereocenters. The minimum atomic E-state index is -0.442. The van der Waals surface area contributed by atoms with Gasteiger partial charge in [0.25, 0.3) is 0 Å². The second-order valence-electron chi connectivity index (χ2n) is 7.07. The first-order valence-electron chi connectivity index (χ1n) is 8.19. The predicted octanol–water partition coefficient (Wildman–Crippen LogP) is 2.53. The lowest BCUT2D eigenvalue weighted by molar-refractivity contribution is -0.165. The molecule has 21 heavy (non-hydrogen) atoms. The molecule has 3 fully saturated rings. The fourth-order valence-corrected chi connectivity index (χ4v) is 4.32. The van der Waals surface area contributed by atoms with Crippen molar-refractivity contribution in [3.63, 3.8) is 0 Å². The number of aryl methyl sites for hydroxylation is 1. The Kier molecular flexibility index (Phi) is 3.07. The Hall–Kier alpha value is -1.35. The van der Waals surface area contributed by atoms with Gasteiger partial charge in [0.15, 0.2) is 0 Å². The molecule has 1 aromatic rings. The van der Waals surface area contributed by atoms with Gasteiger partial charge in [-0.2, -0.15) is 0 Å². The van der Waals surface area contributed by atoms with Gasteiger partial charge >= 0.3 is 5.97 Å². The van der Waals surface area contributed by atoms with Crippen molar-refractivity contribution < 1.29 is 9.53 Å². The number of rotatable bonds is 2. The van der Waals surface area contributed by atoms with E-state index in [1.807, 2.05) is 6.07 Å². The molecule has 3 saturated heterocycles. The molecule has 3 aliphatic heterocycles. The Morgan fingerprint density at radius 3 is 2.76 bits per heavy atom. The van der Waals surface area contributed by atoms with Crippen molar-refractivity contribution in [1.29, 1.82) is 0 Å². The van der Waals surface area contributed by atoms with Gasteiger partial charge in [-0.05, 0) is 62.7 Å². The SMILES string of the molecule is CC1(C(=O)O[C@H]2CN3CCC2CC3)CCc2ccccc21. The van der Waals surface area contributed by atoms with E-state index >= 15 is 0 Å². The van der Waals surface area contributed by atoms with E-state index in [1.54, 1.807) is 0 Å². The third-order valence-electron chi connectivity index (χ3n) is 5.81. The van der Waals surface area contributed by atoms with Crippen LogP contribution in [0, 0.1) is 5.92 Å². The van der Waals surface area contributed by atoms with Crippen molar-refractivity contribution in [2.45, 2.75) is 44.1 Å². The summed E-state index contributed by atoms with van der Waals surface area (Å²) >= 11 is 0. The van der Waals surface area contributed by atoms with Crippen LogP contribution < -0.4 is 0 Å². The van der Waals surface area contributed by atoms with Crippen molar-refractivity contribution >= 4 is 5.97 Å². The van der Waals surface area contributed by atoms with Crippen molar-refractivity contribution in [2.75, 3.05) is 19.6 Å². The normalized spacial score (nSPS) is 37.3. The van der Waals surface area contributed by atoms with Crippen LogP contribution >= 0.6 is 0 Å². The van der Waals surface area contributed by atoms with Crippen LogP contribution in [0.1, 0.15) is 37.3 Å². The summed E-state index contributed by atoms with van der Waals surface area (Å²) in [6.07, 6.45) is 4.36. The minimum Gasteiger partial charge on any atom is -0.460 e. The lowest BCUT2D eigenvalue weighted by atomic mass is 9.83. The molecule has 2 bridgehead atoms. The molecule has 0 radical (unpaired) electrons. The zero-order valence-electron chi connectivity index (χ0n) is 12.7. The number of carbonyl (C=O) groups is 1. The quantitative estimate of drug-likeness (QED) is 0.782. The van der Waals surface area contributed by atoms with Crippen LogP contribution in [0.3, 0.4) is 0 Å². The zero-order valence-corrected chi connectivity index (χ0v) is 12.7. The van der Waals surface area contributed by atoms with E-state index in [1.165, 1.54) is 37.1 Å². The maximum absolute atomic E-state index is 12.8. The minimum absolute atomic E-state index is 0.00815. The largest absolute Gasteiger partial charge is 0.460 e. The van der Waals surface area contributed by atoms with Crippen molar-refractivity contribution in [3.8, 4) is 0 Å². The van der Waals surface area contributed by atoms with E-state index in [-0.39, 0.29) is 12.1 Å². The summed E-state index contributed by atoms with van der Waals surface area (Å²) in [5.74, 6) is 0.574. The molecule has 4 aliphatic rings. The van der Waals surface area contributed by atoms with Crippen molar-refractivity contribution in [3.05, 3.63) is 35.4 Å². The Morgan fingerprint density at radius 2 is 2.05 bits per heavy atom. The number of hydrogen-bond acceptors (Lipinski definition) is 3. The molecule has 112 valence electrons. The fourth-order valence-electron chi connectivity index (χ4n) is 4.32. The highest BCUT2D eigenvalue weighted by molar-refractivity contribution is 5.84. The van der Waals surface area contributed by atoms with E-state index in [2.05, 4.69) is 30.0 Å². The fraction of sp³-hybridized carbons (Fsp3) is 0.611. The van der Waals surface area contributed by atoms with Gasteiger partial charge in [-0.15, -0.1) is 0 Å². The van der Waals surface area contributed by atoms with E-state index in [9.17, 15) is 4.79 Å². The molecule has 0 aromatic heterocycles. The molecule has 0 N–H and O–H groups in total. The average Bonchev–Trinajstić information content (AvgIpc) is 2.88. The molecular formula is C18H23NO2. The molecule has 5 rings (SSSR count). The number of esters is 1. The van der Waals surface area contributed by atoms with Crippen LogP contribution in [0.15, 0.2) is 24.3 Å². The van der Waals surface area contributed by atoms with E-state index in [0.717, 1.165) is 19.4 Å². The number of fused-ring (bicyclic) bond motifs is 4. The first-order valence-corrected chi connectivity index (χ1v) is 8.19. The highest BCUT2D eigenvalue weighted by atomic mass is 16.5. The monoisotopic (exact) mass is 285 g/mol. The lowest BCUT2D eigenvalue weighted by Crippen LogP contribution is -2.53. The number of carbonyl (C=O) groups excluding carboxylic acids is 1. The summed E-state index contributed by atoms with van der Waals surface area (Å²) in [6.45, 7) is 5.36. The summed E-state index contributed by atoms with van der Waals surface area (Å²) in [5, 5.41) is 0. The van der Waals surface area contributed by atoms with Gasteiger partial charge in [0, 0.05) is 6.54 Å². The molecule has 0 saturated carbocycles. The highest BCUT2D eigenvalue weighted by Gasteiger charge is 2.45. The Bertz CT molecular complexity index is 562. The van der Waals surface area contributed by atoms with Gasteiger partial charge in [0.1, 0.15) is 6.10 Å². The summed E-state index contributed by atoms with van der Waals surface area (Å²) in [5.41, 5.74) is 2.05. The van der Waals surface area contributed by atoms with Gasteiger partial charge in [-0.25, -0.2) is 0 Å². The lowest BCUT2D eigenvalue weighted by Gasteiger charge is -2.44. The molecular weight excluding hydrogens is 262 g/mol. The second kappa shape index (κ2) is 4.84. The van der Waals surface area contributed by atoms with Crippen LogP contribution in [0.25, 0.3) is 0 Å². The highest BCUT2D eigenvalue weighted by Crippen LogP contribution is 2.41. The number of benzene rings is 1. The van der Waals surface area contributed by atoms with Crippen LogP contribution in [-0.4, -0.2) is 36.6 Å². The van der Waals surface area contributed by atoms with Crippen LogP contribution in [0.5, 0.6) is 0 Å². The first-order chi connectivity index (χ1) is 10.2. The van der Waals surface area contributed by atoms with Crippen LogP contribution in [0.4, 0.5) is 0 Å². The number of piperidine rings is 3. The molecule has 3 heteroatoms. The van der Waals surface area contributed by atoms with E-state index in [4.69, 9.17) is 4.74 Å². The van der Waals surface area contributed by atoms with E-state index in [0.29, 0.717) is 5.92 Å². The van der Waals surface area contributed by atoms with Gasteiger partial charge in [-0.1, -0.05) is 24.3 Å². The van der Waals surface area contributed by atoms with E-state index < -0.39 is 5.41 Å². The number of hydrogen-bond donors (Lipinski definition) is 0. The van der Waals surface area contributed by atoms with Gasteiger partial charge in [0.2, 0.25) is 0 Å². The molecule has 1 aromatic carbocycles. The first kappa shape index (κ1) is 13.3. The number of ether oxygens (including phenoxy) is 1. The predicted molar refractivity (Wildman–Crippen MR) is 81.2 cm³/mol. The topological polar surface area (TPSA) is 29.5 Å². The standard InChI is InChI=1S/C18H23NO2/c1-18(9-6-13-4-2-3-5-15(13)18)17(20)21-16-12-19-10-7-14(16)8-11-19/h2-5,14,16H,6-12H2,1H3/t16-,18?/m0/s1. The zero-order chi connectivity index (χ0) is 14.4. The summed E-state index contributed by atoms with van der Waals surface area (Å²) in [4.78, 5) is 15.3. The molecule has 1 unspecified atom stereocenters. The van der Waals surface area contributed by atoms with Crippen LogP contribution in [0.2, 0.25) is 0 Å². The molecule has 0 amide bonds. The molecule has 3 heterocycles. The molecule has 3 nitrogen and oxygen atoms in total. The Morgan fingerprint density at radius 1 is 1.29 bits per heavy atom. The summed E-state index contributed by atoms with van der Waals surface area (Å²) < 4.78 is 5.99. The summed E-state index contributed by atoms with van der Waals surface area (Å²) in [7, 11) is 0. The van der Waals surface area contributed by atoms with Gasteiger partial charge in [-0.3, -0.25) is 9.69 Å². The third-order valence-corrected chi connectivity index (χ3v) is 5.81. The van der Waals surface area contributed by atoms with Crippen molar-refractivity contribution in [2.24, 2.45) is 5.92 Å². The number of nitrogens with zero attached hydrogens (tertiary/aromatic N) is 1. The maximum Gasteiger partial charge on any atom is 0.316 e. The Labute approximate surface area is 126 Å². The third kappa shape index (κ3) is 2.10. The van der Waals surface area contributed by atoms with Crippen LogP contribution in [-0.2, 0) is 21.4 Å². The maximum atomic E-state index is 12.8. The molecule has 0 spiro atoms. The molecule has 1 aliphatic carbocycles. The Balaban J connectivity index is 1.53.